The van der Waals surface area contributed by atoms with Gasteiger partial charge >= 0.3 is 0 Å². The van der Waals surface area contributed by atoms with Gasteiger partial charge in [0.05, 0.1) is 0 Å². The van der Waals surface area contributed by atoms with Crippen molar-refractivity contribution in [1.82, 2.24) is 19.6 Å². The lowest BCUT2D eigenvalue weighted by Gasteiger charge is -2.06. The standard InChI is InChI=1S/C18H21N5O3/c1-2-3-5-10-16(24)20-15-11-17(25)21-18-19-14(22-23(15)18)12-26-13-8-6-4-7-9-13/h4,6-9,11H,2-3,5,10,12H2,1H3,(H,20,24)(H,19,21,22,25). The minimum atomic E-state index is -0.357. The average molecular weight is 355 g/mol. The number of para-hydroxylation sites is 1. The summed E-state index contributed by atoms with van der Waals surface area (Å²) < 4.78 is 7.03. The molecule has 1 aromatic carbocycles. The van der Waals surface area contributed by atoms with Crippen LogP contribution in [0.5, 0.6) is 5.75 Å². The number of ether oxygens (including phenoxy) is 1. The summed E-state index contributed by atoms with van der Waals surface area (Å²) >= 11 is 0. The Balaban J connectivity index is 1.75. The minimum absolute atomic E-state index is 0.150. The Labute approximate surface area is 150 Å². The first-order valence-corrected chi connectivity index (χ1v) is 8.62. The number of carbonyl (C=O) groups excluding carboxylic acids is 1. The van der Waals surface area contributed by atoms with Gasteiger partial charge in [-0.3, -0.25) is 14.6 Å². The van der Waals surface area contributed by atoms with E-state index in [9.17, 15) is 9.59 Å². The third-order valence-corrected chi connectivity index (χ3v) is 3.77. The van der Waals surface area contributed by atoms with E-state index in [1.54, 1.807) is 0 Å². The fourth-order valence-electron chi connectivity index (χ4n) is 2.49. The Hall–Kier alpha value is -3.16. The van der Waals surface area contributed by atoms with E-state index in [0.29, 0.717) is 23.8 Å². The van der Waals surface area contributed by atoms with Crippen LogP contribution in [-0.2, 0) is 11.4 Å². The SMILES string of the molecule is CCCCCC(=O)Nc1cc(=O)[nH]c2nc(COc3ccccc3)nn12. The van der Waals surface area contributed by atoms with Crippen LogP contribution in [-0.4, -0.2) is 25.5 Å². The Bertz CT molecular complexity index is 933. The molecule has 26 heavy (non-hydrogen) atoms. The summed E-state index contributed by atoms with van der Waals surface area (Å²) in [7, 11) is 0. The summed E-state index contributed by atoms with van der Waals surface area (Å²) in [5.41, 5.74) is -0.357. The Morgan fingerprint density at radius 2 is 2.08 bits per heavy atom. The van der Waals surface area contributed by atoms with Crippen LogP contribution in [0.1, 0.15) is 38.4 Å². The molecule has 0 aliphatic heterocycles. The van der Waals surface area contributed by atoms with Crippen molar-refractivity contribution < 1.29 is 9.53 Å². The van der Waals surface area contributed by atoms with Gasteiger partial charge in [-0.25, -0.2) is 0 Å². The highest BCUT2D eigenvalue weighted by Crippen LogP contribution is 2.12. The molecule has 0 aliphatic rings. The van der Waals surface area contributed by atoms with Gasteiger partial charge in [0.15, 0.2) is 5.82 Å². The second kappa shape index (κ2) is 8.28. The number of hydrogen-bond acceptors (Lipinski definition) is 5. The van der Waals surface area contributed by atoms with Gasteiger partial charge in [0.2, 0.25) is 11.7 Å². The second-order valence-electron chi connectivity index (χ2n) is 5.89. The van der Waals surface area contributed by atoms with E-state index < -0.39 is 0 Å². The van der Waals surface area contributed by atoms with E-state index >= 15 is 0 Å². The third-order valence-electron chi connectivity index (χ3n) is 3.77. The molecule has 0 saturated carbocycles. The van der Waals surface area contributed by atoms with Crippen molar-refractivity contribution in [3.05, 3.63) is 52.6 Å². The Morgan fingerprint density at radius 3 is 2.85 bits per heavy atom. The number of carbonyl (C=O) groups is 1. The minimum Gasteiger partial charge on any atom is -0.486 e. The lowest BCUT2D eigenvalue weighted by Crippen LogP contribution is -2.18. The molecule has 0 aliphatic carbocycles. The monoisotopic (exact) mass is 355 g/mol. The second-order valence-corrected chi connectivity index (χ2v) is 5.89. The van der Waals surface area contributed by atoms with Crippen molar-refractivity contribution in [2.24, 2.45) is 0 Å². The highest BCUT2D eigenvalue weighted by molar-refractivity contribution is 5.89. The maximum Gasteiger partial charge on any atom is 0.254 e. The number of fused-ring (bicyclic) bond motifs is 1. The average Bonchev–Trinajstić information content (AvgIpc) is 3.04. The van der Waals surface area contributed by atoms with Gasteiger partial charge in [0.25, 0.3) is 5.56 Å². The number of unbranched alkanes of at least 4 members (excludes halogenated alkanes) is 2. The molecule has 0 radical (unpaired) electrons. The van der Waals surface area contributed by atoms with Gasteiger partial charge in [-0.1, -0.05) is 38.0 Å². The van der Waals surface area contributed by atoms with Crippen LogP contribution in [0, 0.1) is 0 Å². The number of aromatic nitrogens is 4. The molecule has 8 nitrogen and oxygen atoms in total. The molecule has 2 aromatic heterocycles. The molecular formula is C18H21N5O3. The molecule has 3 rings (SSSR count). The predicted octanol–water partition coefficient (Wildman–Crippen LogP) is 2.52. The van der Waals surface area contributed by atoms with Gasteiger partial charge < -0.3 is 10.1 Å². The molecule has 136 valence electrons. The van der Waals surface area contributed by atoms with Crippen LogP contribution < -0.4 is 15.6 Å². The lowest BCUT2D eigenvalue weighted by atomic mass is 10.2. The van der Waals surface area contributed by atoms with Gasteiger partial charge in [0.1, 0.15) is 18.2 Å². The predicted molar refractivity (Wildman–Crippen MR) is 97.2 cm³/mol. The molecule has 0 bridgehead atoms. The van der Waals surface area contributed by atoms with Crippen molar-refractivity contribution in [3.8, 4) is 5.75 Å². The van der Waals surface area contributed by atoms with Gasteiger partial charge in [-0.05, 0) is 18.6 Å². The number of aromatic amines is 1. The zero-order valence-electron chi connectivity index (χ0n) is 14.6. The molecule has 0 atom stereocenters. The van der Waals surface area contributed by atoms with Crippen LogP contribution in [0.15, 0.2) is 41.2 Å². The first-order valence-electron chi connectivity index (χ1n) is 8.62. The normalized spacial score (nSPS) is 10.8. The number of nitrogens with zero attached hydrogens (tertiary/aromatic N) is 3. The Morgan fingerprint density at radius 1 is 1.27 bits per heavy atom. The van der Waals surface area contributed by atoms with Crippen molar-refractivity contribution in [1.29, 1.82) is 0 Å². The summed E-state index contributed by atoms with van der Waals surface area (Å²) in [5.74, 6) is 1.50. The maximum absolute atomic E-state index is 12.1. The fourth-order valence-corrected chi connectivity index (χ4v) is 2.49. The number of H-pyrrole nitrogens is 1. The molecule has 2 N–H and O–H groups in total. The molecule has 0 saturated heterocycles. The zero-order valence-corrected chi connectivity index (χ0v) is 14.6. The van der Waals surface area contributed by atoms with E-state index in [2.05, 4.69) is 27.3 Å². The van der Waals surface area contributed by atoms with Crippen LogP contribution in [0.25, 0.3) is 5.78 Å². The number of nitrogens with one attached hydrogen (secondary N) is 2. The summed E-state index contributed by atoms with van der Waals surface area (Å²) in [4.78, 5) is 30.7. The topological polar surface area (TPSA) is 101 Å². The van der Waals surface area contributed by atoms with Crippen molar-refractivity contribution in [2.45, 2.75) is 39.2 Å². The van der Waals surface area contributed by atoms with Crippen LogP contribution in [0.2, 0.25) is 0 Å². The van der Waals surface area contributed by atoms with Crippen molar-refractivity contribution >= 4 is 17.5 Å². The molecule has 3 aromatic rings. The largest absolute Gasteiger partial charge is 0.486 e. The molecule has 8 heteroatoms. The summed E-state index contributed by atoms with van der Waals surface area (Å²) in [5, 5.41) is 7.05. The molecular weight excluding hydrogens is 334 g/mol. The Kier molecular flexibility index (Phi) is 5.62. The zero-order chi connectivity index (χ0) is 18.4. The first kappa shape index (κ1) is 17.7. The third kappa shape index (κ3) is 4.47. The van der Waals surface area contributed by atoms with Gasteiger partial charge in [0, 0.05) is 12.5 Å². The lowest BCUT2D eigenvalue weighted by molar-refractivity contribution is -0.116. The van der Waals surface area contributed by atoms with E-state index in [1.807, 2.05) is 30.3 Å². The molecule has 0 fully saturated rings. The number of hydrogen-bond donors (Lipinski definition) is 2. The van der Waals surface area contributed by atoms with E-state index in [4.69, 9.17) is 4.74 Å². The molecule has 2 heterocycles. The van der Waals surface area contributed by atoms with Crippen LogP contribution >= 0.6 is 0 Å². The van der Waals surface area contributed by atoms with Gasteiger partial charge in [-0.15, -0.1) is 5.10 Å². The number of benzene rings is 1. The van der Waals surface area contributed by atoms with Gasteiger partial charge in [-0.2, -0.15) is 9.50 Å². The van der Waals surface area contributed by atoms with E-state index in [1.165, 1.54) is 10.6 Å². The summed E-state index contributed by atoms with van der Waals surface area (Å²) in [6, 6.07) is 10.6. The van der Waals surface area contributed by atoms with Crippen molar-refractivity contribution in [3.63, 3.8) is 0 Å². The number of amides is 1. The molecule has 0 unspecified atom stereocenters. The molecule has 1 amide bonds. The first-order chi connectivity index (χ1) is 12.7. The maximum atomic E-state index is 12.1. The summed E-state index contributed by atoms with van der Waals surface area (Å²) in [6.07, 6.45) is 3.24. The van der Waals surface area contributed by atoms with Crippen LogP contribution in [0.4, 0.5) is 5.82 Å². The highest BCUT2D eigenvalue weighted by Gasteiger charge is 2.12. The quantitative estimate of drug-likeness (QED) is 0.605. The highest BCUT2D eigenvalue weighted by atomic mass is 16.5. The number of anilines is 1. The number of rotatable bonds is 8. The summed E-state index contributed by atoms with van der Waals surface area (Å²) in [6.45, 7) is 2.23. The van der Waals surface area contributed by atoms with E-state index in [0.717, 1.165) is 19.3 Å². The van der Waals surface area contributed by atoms with Crippen LogP contribution in [0.3, 0.4) is 0 Å². The van der Waals surface area contributed by atoms with E-state index in [-0.39, 0.29) is 23.9 Å². The smallest absolute Gasteiger partial charge is 0.254 e. The van der Waals surface area contributed by atoms with Crippen molar-refractivity contribution in [2.75, 3.05) is 5.32 Å². The molecule has 0 spiro atoms. The fraction of sp³-hybridized carbons (Fsp3) is 0.333.